The zero-order chi connectivity index (χ0) is 45.1. The van der Waals surface area contributed by atoms with Crippen molar-refractivity contribution >= 4 is 74.1 Å². The number of fused-ring (bicyclic) bond motifs is 1. The molecule has 0 radical (unpaired) electrons. The number of carbonyl (C=O) groups excluding carboxylic acids is 5. The summed E-state index contributed by atoms with van der Waals surface area (Å²) in [6.45, 7) is 11.1. The third-order valence-corrected chi connectivity index (χ3v) is 12.5. The van der Waals surface area contributed by atoms with Gasteiger partial charge in [-0.3, -0.25) is 34.2 Å². The standard InChI is InChI=1S/C45H54N10O7S/c1-28-27-48-44(52-40(28)50-34-10-9-11-36(63(46,61)62)39(34)45(2,3)4)49-29-13-16-31(17-14-29)53-22-24-54(25-23-53)38(57)12-7-5-6-8-21-47-30-15-18-32-33(26-30)43(60)55(42(32)59)35-19-20-37(56)51-41(35)58/h9-11,13-18,26-27,35,47H,5-8,12,19-25H2,1-4H3,(H2,46,61,62)(H,51,56,58)(H2,48,49,50,52). The summed E-state index contributed by atoms with van der Waals surface area (Å²) in [5.74, 6) is -1.05. The summed E-state index contributed by atoms with van der Waals surface area (Å²) in [6, 6.07) is 16.9. The van der Waals surface area contributed by atoms with Gasteiger partial charge in [0.1, 0.15) is 11.9 Å². The van der Waals surface area contributed by atoms with Gasteiger partial charge < -0.3 is 25.8 Å². The lowest BCUT2D eigenvalue weighted by atomic mass is 9.85. The van der Waals surface area contributed by atoms with Crippen LogP contribution in [0.1, 0.15) is 97.6 Å². The number of piperidine rings is 1. The highest BCUT2D eigenvalue weighted by Gasteiger charge is 2.44. The number of aryl methyl sites for hydroxylation is 1. The third kappa shape index (κ3) is 10.3. The Labute approximate surface area is 367 Å². The number of anilines is 6. The van der Waals surface area contributed by atoms with Gasteiger partial charge in [-0.05, 0) is 86.2 Å². The lowest BCUT2D eigenvalue weighted by Gasteiger charge is -2.36. The molecule has 3 aromatic carbocycles. The fourth-order valence-electron chi connectivity index (χ4n) is 8.23. The van der Waals surface area contributed by atoms with Crippen molar-refractivity contribution in [1.82, 2.24) is 25.1 Å². The maximum absolute atomic E-state index is 13.1. The number of hydrogen-bond acceptors (Lipinski definition) is 13. The minimum Gasteiger partial charge on any atom is -0.385 e. The molecule has 63 heavy (non-hydrogen) atoms. The van der Waals surface area contributed by atoms with Crippen molar-refractivity contribution in [2.24, 2.45) is 5.14 Å². The molecule has 18 heteroatoms. The predicted octanol–water partition coefficient (Wildman–Crippen LogP) is 5.33. The molecule has 0 aliphatic carbocycles. The summed E-state index contributed by atoms with van der Waals surface area (Å²) in [4.78, 5) is 77.4. The topological polar surface area (TPSA) is 229 Å². The summed E-state index contributed by atoms with van der Waals surface area (Å²) in [5.41, 5.74) is 4.44. The van der Waals surface area contributed by atoms with Crippen LogP contribution in [0, 0.1) is 6.92 Å². The van der Waals surface area contributed by atoms with E-state index in [4.69, 9.17) is 10.1 Å². The molecule has 3 aliphatic heterocycles. The molecule has 2 fully saturated rings. The second kappa shape index (κ2) is 18.5. The van der Waals surface area contributed by atoms with Crippen molar-refractivity contribution in [2.45, 2.75) is 89.0 Å². The number of hydrogen-bond donors (Lipinski definition) is 5. The number of unbranched alkanes of at least 4 members (excludes halogenated alkanes) is 3. The molecule has 3 aliphatic rings. The van der Waals surface area contributed by atoms with Crippen molar-refractivity contribution in [3.05, 3.63) is 89.1 Å². The Balaban J connectivity index is 0.819. The number of benzene rings is 3. The van der Waals surface area contributed by atoms with Crippen LogP contribution in [-0.4, -0.2) is 96.5 Å². The SMILES string of the molecule is Cc1cnc(Nc2ccc(N3CCN(C(=O)CCCCCCNc4ccc5c(c4)C(=O)N(C4CCC(=O)NC4=O)C5=O)CC3)cc2)nc1Nc1cccc(S(N)(=O)=O)c1C(C)(C)C. The van der Waals surface area contributed by atoms with Gasteiger partial charge in [-0.25, -0.2) is 18.5 Å². The lowest BCUT2D eigenvalue weighted by molar-refractivity contribution is -0.136. The quantitative estimate of drug-likeness (QED) is 0.0753. The van der Waals surface area contributed by atoms with Crippen LogP contribution in [0.15, 0.2) is 71.8 Å². The molecule has 17 nitrogen and oxygen atoms in total. The molecule has 332 valence electrons. The van der Waals surface area contributed by atoms with Gasteiger partial charge in [-0.15, -0.1) is 0 Å². The first-order valence-corrected chi connectivity index (χ1v) is 22.8. The molecule has 1 aromatic heterocycles. The second-order valence-electron chi connectivity index (χ2n) is 17.2. The summed E-state index contributed by atoms with van der Waals surface area (Å²) >= 11 is 0. The van der Waals surface area contributed by atoms with Crippen molar-refractivity contribution in [2.75, 3.05) is 53.6 Å². The Morgan fingerprint density at radius 2 is 1.57 bits per heavy atom. The highest BCUT2D eigenvalue weighted by atomic mass is 32.2. The molecule has 2 saturated heterocycles. The van der Waals surface area contributed by atoms with Gasteiger partial charge in [-0.2, -0.15) is 4.98 Å². The highest BCUT2D eigenvalue weighted by Crippen LogP contribution is 2.37. The zero-order valence-electron chi connectivity index (χ0n) is 36.0. The number of amides is 5. The summed E-state index contributed by atoms with van der Waals surface area (Å²) in [6.07, 6.45) is 5.87. The van der Waals surface area contributed by atoms with Crippen LogP contribution in [0.4, 0.5) is 34.5 Å². The minimum absolute atomic E-state index is 0.0640. The number of imide groups is 2. The number of rotatable bonds is 15. The van der Waals surface area contributed by atoms with Crippen LogP contribution in [0.2, 0.25) is 0 Å². The predicted molar refractivity (Wildman–Crippen MR) is 240 cm³/mol. The molecular weight excluding hydrogens is 825 g/mol. The monoisotopic (exact) mass is 878 g/mol. The fraction of sp³-hybridized carbons (Fsp3) is 0.400. The Bertz CT molecular complexity index is 2530. The van der Waals surface area contributed by atoms with E-state index in [2.05, 4.69) is 31.2 Å². The van der Waals surface area contributed by atoms with Gasteiger partial charge >= 0.3 is 0 Å². The maximum atomic E-state index is 13.1. The Morgan fingerprint density at radius 3 is 2.27 bits per heavy atom. The first-order chi connectivity index (χ1) is 30.0. The van der Waals surface area contributed by atoms with E-state index < -0.39 is 45.1 Å². The van der Waals surface area contributed by atoms with Crippen LogP contribution in [0.3, 0.4) is 0 Å². The highest BCUT2D eigenvalue weighted by molar-refractivity contribution is 7.89. The summed E-state index contributed by atoms with van der Waals surface area (Å²) in [5, 5.41) is 17.7. The molecule has 0 bridgehead atoms. The molecule has 4 aromatic rings. The smallest absolute Gasteiger partial charge is 0.262 e. The van der Waals surface area contributed by atoms with E-state index >= 15 is 0 Å². The van der Waals surface area contributed by atoms with Gasteiger partial charge in [0.2, 0.25) is 33.7 Å². The first-order valence-electron chi connectivity index (χ1n) is 21.2. The van der Waals surface area contributed by atoms with E-state index in [0.717, 1.165) is 60.6 Å². The fourth-order valence-corrected chi connectivity index (χ4v) is 9.20. The van der Waals surface area contributed by atoms with Gasteiger partial charge in [0.25, 0.3) is 11.8 Å². The van der Waals surface area contributed by atoms with Gasteiger partial charge in [-0.1, -0.05) is 39.7 Å². The lowest BCUT2D eigenvalue weighted by Crippen LogP contribution is -2.54. The van der Waals surface area contributed by atoms with Crippen molar-refractivity contribution in [3.8, 4) is 0 Å². The van der Waals surface area contributed by atoms with E-state index in [9.17, 15) is 32.4 Å². The van der Waals surface area contributed by atoms with Crippen LogP contribution in [0.5, 0.6) is 0 Å². The van der Waals surface area contributed by atoms with E-state index in [1.54, 1.807) is 30.5 Å². The molecule has 5 amide bonds. The average molecular weight is 879 g/mol. The maximum Gasteiger partial charge on any atom is 0.262 e. The van der Waals surface area contributed by atoms with Crippen LogP contribution < -0.4 is 31.3 Å². The minimum atomic E-state index is -3.96. The normalized spacial score (nSPS) is 16.8. The molecular formula is C45H54N10O7S. The van der Waals surface area contributed by atoms with Crippen molar-refractivity contribution in [1.29, 1.82) is 0 Å². The van der Waals surface area contributed by atoms with Gasteiger partial charge in [0, 0.05) is 85.6 Å². The molecule has 1 unspecified atom stereocenters. The number of primary sulfonamides is 1. The molecule has 0 saturated carbocycles. The number of piperazine rings is 1. The molecule has 1 atom stereocenters. The number of aromatic nitrogens is 2. The van der Waals surface area contributed by atoms with Crippen LogP contribution in [-0.2, 0) is 29.8 Å². The number of nitrogens with two attached hydrogens (primary N) is 1. The molecule has 0 spiro atoms. The number of nitrogens with zero attached hydrogens (tertiary/aromatic N) is 5. The van der Waals surface area contributed by atoms with Gasteiger partial charge in [0.05, 0.1) is 16.0 Å². The number of carbonyl (C=O) groups is 5. The summed E-state index contributed by atoms with van der Waals surface area (Å²) < 4.78 is 24.9. The number of nitrogens with one attached hydrogen (secondary N) is 4. The van der Waals surface area contributed by atoms with Crippen LogP contribution >= 0.6 is 0 Å². The zero-order valence-corrected chi connectivity index (χ0v) is 36.8. The molecule has 7 rings (SSSR count). The average Bonchev–Trinajstić information content (AvgIpc) is 3.48. The Morgan fingerprint density at radius 1 is 0.873 bits per heavy atom. The summed E-state index contributed by atoms with van der Waals surface area (Å²) in [7, 11) is -3.96. The second-order valence-corrected chi connectivity index (χ2v) is 18.7. The number of sulfonamides is 1. The Hall–Kier alpha value is -6.40. The van der Waals surface area contributed by atoms with E-state index in [0.29, 0.717) is 54.8 Å². The molecule has 4 heterocycles. The van der Waals surface area contributed by atoms with Crippen LogP contribution in [0.25, 0.3) is 0 Å². The van der Waals surface area contributed by atoms with Gasteiger partial charge in [0.15, 0.2) is 0 Å². The van der Waals surface area contributed by atoms with E-state index in [1.807, 2.05) is 62.9 Å². The van der Waals surface area contributed by atoms with Crippen molar-refractivity contribution < 1.29 is 32.4 Å². The first kappa shape index (κ1) is 44.6. The largest absolute Gasteiger partial charge is 0.385 e. The van der Waals surface area contributed by atoms with Crippen molar-refractivity contribution in [3.63, 3.8) is 0 Å². The molecule has 6 N–H and O–H groups in total. The van der Waals surface area contributed by atoms with E-state index in [-0.39, 0.29) is 34.8 Å². The van der Waals surface area contributed by atoms with E-state index in [1.165, 1.54) is 6.07 Å². The third-order valence-electron chi connectivity index (χ3n) is 11.5. The Kier molecular flexibility index (Phi) is 13.1.